The fourth-order valence-electron chi connectivity index (χ4n) is 0.454. The maximum Gasteiger partial charge on any atom is 0.459 e. The minimum absolute atomic E-state index is 0.139. The molecule has 0 saturated heterocycles. The third-order valence-electron chi connectivity index (χ3n) is 0.916. The Labute approximate surface area is 52.9 Å². The van der Waals surface area contributed by atoms with Gasteiger partial charge < -0.3 is 4.74 Å². The third-order valence-corrected chi connectivity index (χ3v) is 0.916. The lowest BCUT2D eigenvalue weighted by molar-refractivity contribution is 0.203. The number of ether oxygens (including phenoxy) is 1. The molecule has 0 unspecified atom stereocenters. The minimum atomic E-state index is -0.612. The zero-order valence-corrected chi connectivity index (χ0v) is 5.29. The summed E-state index contributed by atoms with van der Waals surface area (Å²) in [6.45, 7) is 3.76. The van der Waals surface area contributed by atoms with E-state index in [2.05, 4.69) is 15.3 Å². The van der Waals surface area contributed by atoms with Crippen molar-refractivity contribution >= 4 is 12.0 Å². The van der Waals surface area contributed by atoms with E-state index < -0.39 is 6.09 Å². The topological polar surface area (TPSA) is 52.8 Å². The van der Waals surface area contributed by atoms with E-state index in [1.54, 1.807) is 0 Å². The van der Waals surface area contributed by atoms with E-state index in [9.17, 15) is 4.79 Å². The molecule has 4 nitrogen and oxygen atoms in total. The van der Waals surface area contributed by atoms with Gasteiger partial charge in [0.15, 0.2) is 0 Å². The summed E-state index contributed by atoms with van der Waals surface area (Å²) in [5.74, 6) is 0.542. The molecule has 0 fully saturated rings. The van der Waals surface area contributed by atoms with Crippen LogP contribution in [0, 0.1) is 5.92 Å². The van der Waals surface area contributed by atoms with E-state index in [-0.39, 0.29) is 5.92 Å². The Balaban J connectivity index is 2.55. The van der Waals surface area contributed by atoms with Crippen LogP contribution in [0.15, 0.2) is 5.10 Å². The number of carbonyl (C=O) groups excluding carboxylic acids is 1. The number of hydrogen-bond donors (Lipinski definition) is 0. The Bertz CT molecular complexity index is 162. The molecule has 0 N–H and O–H groups in total. The Morgan fingerprint density at radius 2 is 2.22 bits per heavy atom. The molecule has 1 amide bonds. The lowest BCUT2D eigenvalue weighted by Gasteiger charge is -1.97. The fourth-order valence-corrected chi connectivity index (χ4v) is 0.454. The van der Waals surface area contributed by atoms with Gasteiger partial charge in [-0.3, -0.25) is 0 Å². The minimum Gasteiger partial charge on any atom is -0.391 e. The van der Waals surface area contributed by atoms with Gasteiger partial charge in [0.05, 0.1) is 0 Å². The van der Waals surface area contributed by atoms with Gasteiger partial charge in [-0.2, -0.15) is 0 Å². The Hall–Kier alpha value is -1.06. The lowest BCUT2D eigenvalue weighted by atomic mass is 10.2. The van der Waals surface area contributed by atoms with Gasteiger partial charge in [0, 0.05) is 5.92 Å². The molecule has 0 aromatic carbocycles. The summed E-state index contributed by atoms with van der Waals surface area (Å²) in [5.41, 5.74) is 3.17. The summed E-state index contributed by atoms with van der Waals surface area (Å²) in [6.07, 6.45) is -0.612. The van der Waals surface area contributed by atoms with Crippen molar-refractivity contribution in [3.05, 3.63) is 0 Å². The molecule has 0 atom stereocenters. The molecule has 0 aromatic heterocycles. The summed E-state index contributed by atoms with van der Waals surface area (Å²) in [7, 11) is 0. The van der Waals surface area contributed by atoms with Crippen molar-refractivity contribution in [2.24, 2.45) is 11.0 Å². The summed E-state index contributed by atoms with van der Waals surface area (Å²) < 4.78 is 4.57. The van der Waals surface area contributed by atoms with Crippen molar-refractivity contribution in [3.8, 4) is 0 Å². The summed E-state index contributed by atoms with van der Waals surface area (Å²) in [6, 6.07) is 0. The van der Waals surface area contributed by atoms with E-state index in [1.165, 1.54) is 0 Å². The van der Waals surface area contributed by atoms with Crippen molar-refractivity contribution < 1.29 is 9.53 Å². The molecule has 1 aliphatic heterocycles. The molecule has 1 rings (SSSR count). The number of hydrogen-bond acceptors (Lipinski definition) is 3. The number of nitrogens with zero attached hydrogens (tertiary/aromatic N) is 2. The van der Waals surface area contributed by atoms with Gasteiger partial charge in [-0.05, 0) is 0 Å². The zero-order chi connectivity index (χ0) is 6.85. The molecule has 9 heavy (non-hydrogen) atoms. The Kier molecular flexibility index (Phi) is 1.38. The molecule has 4 heteroatoms. The standard InChI is InChI=1S/C5H7N2O2/c1-3(2)4-6-7-5(8)9-4/h3H,1-2H3. The molecule has 0 saturated carbocycles. The van der Waals surface area contributed by atoms with Gasteiger partial charge in [-0.15, -0.1) is 5.10 Å². The third kappa shape index (κ3) is 1.19. The predicted molar refractivity (Wildman–Crippen MR) is 30.9 cm³/mol. The maximum atomic E-state index is 10.3. The first-order valence-corrected chi connectivity index (χ1v) is 2.70. The average molecular weight is 127 g/mol. The highest BCUT2D eigenvalue weighted by Gasteiger charge is 2.20. The van der Waals surface area contributed by atoms with E-state index in [4.69, 9.17) is 0 Å². The van der Waals surface area contributed by atoms with Gasteiger partial charge >= 0.3 is 6.09 Å². The predicted octanol–water partition coefficient (Wildman–Crippen LogP) is 0.710. The Morgan fingerprint density at radius 1 is 1.56 bits per heavy atom. The molecular formula is C5H7N2O2. The van der Waals surface area contributed by atoms with Crippen LogP contribution in [-0.2, 0) is 4.74 Å². The maximum absolute atomic E-state index is 10.3. The molecular weight excluding hydrogens is 120 g/mol. The number of rotatable bonds is 1. The highest BCUT2D eigenvalue weighted by molar-refractivity contribution is 5.93. The first kappa shape index (κ1) is 6.07. The SMILES string of the molecule is CC(C)C1=N[N]C(=O)O1. The number of amides is 1. The lowest BCUT2D eigenvalue weighted by Crippen LogP contribution is -2.09. The van der Waals surface area contributed by atoms with Crippen molar-refractivity contribution in [2.45, 2.75) is 13.8 Å². The largest absolute Gasteiger partial charge is 0.459 e. The monoisotopic (exact) mass is 127 g/mol. The molecule has 1 aliphatic rings. The number of carbonyl (C=O) groups is 1. The Morgan fingerprint density at radius 3 is 2.44 bits per heavy atom. The molecule has 0 aliphatic carbocycles. The van der Waals surface area contributed by atoms with Gasteiger partial charge in [0.25, 0.3) is 0 Å². The van der Waals surface area contributed by atoms with E-state index in [1.807, 2.05) is 13.8 Å². The second kappa shape index (κ2) is 2.05. The first-order chi connectivity index (χ1) is 4.20. The van der Waals surface area contributed by atoms with Crippen LogP contribution in [-0.4, -0.2) is 12.0 Å². The molecule has 1 radical (unpaired) electrons. The quantitative estimate of drug-likeness (QED) is 0.520. The van der Waals surface area contributed by atoms with Crippen LogP contribution in [0.25, 0.3) is 0 Å². The average Bonchev–Trinajstić information content (AvgIpc) is 2.14. The van der Waals surface area contributed by atoms with Crippen molar-refractivity contribution in [3.63, 3.8) is 0 Å². The highest BCUT2D eigenvalue weighted by atomic mass is 16.6. The van der Waals surface area contributed by atoms with E-state index in [0.29, 0.717) is 5.90 Å². The summed E-state index contributed by atoms with van der Waals surface area (Å²) >= 11 is 0. The van der Waals surface area contributed by atoms with Crippen molar-refractivity contribution in [1.82, 2.24) is 5.43 Å². The van der Waals surface area contributed by atoms with Crippen LogP contribution in [0.1, 0.15) is 13.8 Å². The van der Waals surface area contributed by atoms with Crippen molar-refractivity contribution in [2.75, 3.05) is 0 Å². The van der Waals surface area contributed by atoms with Gasteiger partial charge in [0.1, 0.15) is 0 Å². The van der Waals surface area contributed by atoms with Crippen molar-refractivity contribution in [1.29, 1.82) is 0 Å². The highest BCUT2D eigenvalue weighted by Crippen LogP contribution is 2.03. The van der Waals surface area contributed by atoms with Gasteiger partial charge in [-0.1, -0.05) is 19.3 Å². The van der Waals surface area contributed by atoms with Crippen LogP contribution in [0.4, 0.5) is 4.79 Å². The summed E-state index contributed by atoms with van der Waals surface area (Å²) in [5, 5.41) is 3.49. The number of cyclic esters (lactones) is 1. The summed E-state index contributed by atoms with van der Waals surface area (Å²) in [4.78, 5) is 10.3. The molecule has 0 bridgehead atoms. The smallest absolute Gasteiger partial charge is 0.391 e. The fraction of sp³-hybridized carbons (Fsp3) is 0.600. The molecule has 49 valence electrons. The second-order valence-corrected chi connectivity index (χ2v) is 2.06. The second-order valence-electron chi connectivity index (χ2n) is 2.06. The molecule has 1 heterocycles. The van der Waals surface area contributed by atoms with Crippen LogP contribution < -0.4 is 5.43 Å². The van der Waals surface area contributed by atoms with Crippen LogP contribution >= 0.6 is 0 Å². The van der Waals surface area contributed by atoms with Crippen LogP contribution in [0.2, 0.25) is 0 Å². The van der Waals surface area contributed by atoms with Crippen LogP contribution in [0.5, 0.6) is 0 Å². The van der Waals surface area contributed by atoms with Gasteiger partial charge in [-0.25, -0.2) is 4.79 Å². The zero-order valence-electron chi connectivity index (χ0n) is 5.29. The van der Waals surface area contributed by atoms with E-state index in [0.717, 1.165) is 0 Å². The van der Waals surface area contributed by atoms with Crippen LogP contribution in [0.3, 0.4) is 0 Å². The molecule has 0 aromatic rings. The molecule has 0 spiro atoms. The van der Waals surface area contributed by atoms with E-state index >= 15 is 0 Å². The van der Waals surface area contributed by atoms with Gasteiger partial charge in [0.2, 0.25) is 5.90 Å². The normalized spacial score (nSPS) is 17.2. The first-order valence-electron chi connectivity index (χ1n) is 2.70.